The van der Waals surface area contributed by atoms with Crippen LogP contribution in [-0.2, 0) is 11.3 Å². The number of hydrogen-bond acceptors (Lipinski definition) is 5. The van der Waals surface area contributed by atoms with Gasteiger partial charge in [0.15, 0.2) is 5.69 Å². The normalized spacial score (nSPS) is 14.8. The summed E-state index contributed by atoms with van der Waals surface area (Å²) in [6.45, 7) is 1.90. The van der Waals surface area contributed by atoms with Gasteiger partial charge in [-0.25, -0.2) is 14.8 Å². The van der Waals surface area contributed by atoms with E-state index in [0.717, 1.165) is 5.56 Å². The second-order valence-corrected chi connectivity index (χ2v) is 5.86. The summed E-state index contributed by atoms with van der Waals surface area (Å²) in [5.74, 6) is -0.641. The van der Waals surface area contributed by atoms with Crippen molar-refractivity contribution in [1.82, 2.24) is 14.9 Å². The third kappa shape index (κ3) is 3.62. The maximum absolute atomic E-state index is 12.3. The molecule has 0 radical (unpaired) electrons. The van der Waals surface area contributed by atoms with E-state index in [4.69, 9.17) is 16.7 Å². The summed E-state index contributed by atoms with van der Waals surface area (Å²) in [7, 11) is 0. The molecule has 0 atom stereocenters. The molecular weight excluding hydrogens is 332 g/mol. The lowest BCUT2D eigenvalue weighted by Crippen LogP contribution is -2.50. The van der Waals surface area contributed by atoms with Crippen molar-refractivity contribution in [1.29, 1.82) is 0 Å². The molecule has 0 bridgehead atoms. The van der Waals surface area contributed by atoms with Crippen LogP contribution >= 0.6 is 11.6 Å². The predicted octanol–water partition coefficient (Wildman–Crippen LogP) is 1.68. The largest absolute Gasteiger partial charge is 0.476 e. The van der Waals surface area contributed by atoms with Crippen LogP contribution in [0, 0.1) is 0 Å². The first-order valence-corrected chi connectivity index (χ1v) is 7.73. The Balaban J connectivity index is 1.63. The average Bonchev–Trinajstić information content (AvgIpc) is 2.58. The molecule has 0 spiro atoms. The second kappa shape index (κ2) is 6.84. The minimum absolute atomic E-state index is 0.0136. The van der Waals surface area contributed by atoms with Crippen LogP contribution in [0.3, 0.4) is 0 Å². The molecule has 1 aromatic carbocycles. The number of aromatic carboxylic acids is 1. The summed E-state index contributed by atoms with van der Waals surface area (Å²) in [5.41, 5.74) is 0.901. The van der Waals surface area contributed by atoms with Crippen molar-refractivity contribution >= 4 is 29.3 Å². The van der Waals surface area contributed by atoms with Crippen LogP contribution in [0.5, 0.6) is 0 Å². The van der Waals surface area contributed by atoms with Gasteiger partial charge in [0.2, 0.25) is 5.91 Å². The molecule has 1 aliphatic heterocycles. The lowest BCUT2D eigenvalue weighted by atomic mass is 10.2. The van der Waals surface area contributed by atoms with Crippen LogP contribution in [0.25, 0.3) is 0 Å². The molecule has 1 amide bonds. The number of rotatable bonds is 4. The van der Waals surface area contributed by atoms with Crippen molar-refractivity contribution in [3.63, 3.8) is 0 Å². The molecule has 124 valence electrons. The summed E-state index contributed by atoms with van der Waals surface area (Å²) < 4.78 is 0. The van der Waals surface area contributed by atoms with Crippen molar-refractivity contribution in [3.05, 3.63) is 52.9 Å². The molecule has 2 heterocycles. The Labute approximate surface area is 143 Å². The smallest absolute Gasteiger partial charge is 0.356 e. The molecule has 0 aliphatic carbocycles. The van der Waals surface area contributed by atoms with Gasteiger partial charge in [-0.3, -0.25) is 4.79 Å². The zero-order valence-electron chi connectivity index (χ0n) is 12.7. The van der Waals surface area contributed by atoms with Crippen LogP contribution in [0.15, 0.2) is 36.7 Å². The van der Waals surface area contributed by atoms with E-state index in [-0.39, 0.29) is 18.1 Å². The summed E-state index contributed by atoms with van der Waals surface area (Å²) in [4.78, 5) is 34.6. The third-order valence-corrected chi connectivity index (χ3v) is 4.04. The van der Waals surface area contributed by atoms with E-state index in [1.54, 1.807) is 21.9 Å². The molecule has 3 rings (SSSR count). The summed E-state index contributed by atoms with van der Waals surface area (Å²) >= 11 is 5.86. The number of benzene rings is 1. The molecule has 0 unspecified atom stereocenters. The summed E-state index contributed by atoms with van der Waals surface area (Å²) in [6.07, 6.45) is 2.58. The minimum Gasteiger partial charge on any atom is -0.476 e. The number of carbonyl (C=O) groups is 2. The number of carboxylic acids is 1. The number of piperazine rings is 1. The average molecular weight is 347 g/mol. The van der Waals surface area contributed by atoms with E-state index in [9.17, 15) is 9.59 Å². The van der Waals surface area contributed by atoms with Crippen molar-refractivity contribution < 1.29 is 14.7 Å². The van der Waals surface area contributed by atoms with Gasteiger partial charge >= 0.3 is 5.97 Å². The maximum atomic E-state index is 12.3. The SMILES string of the molecule is O=C(O)c1cnc(N2CCN(Cc3ccc(Cl)cc3)C(=O)C2)cn1. The lowest BCUT2D eigenvalue weighted by molar-refractivity contribution is -0.131. The van der Waals surface area contributed by atoms with Crippen LogP contribution in [-0.4, -0.2) is 51.5 Å². The quantitative estimate of drug-likeness (QED) is 0.906. The lowest BCUT2D eigenvalue weighted by Gasteiger charge is -2.34. The highest BCUT2D eigenvalue weighted by Crippen LogP contribution is 2.16. The van der Waals surface area contributed by atoms with Gasteiger partial charge in [0, 0.05) is 24.7 Å². The molecule has 1 fully saturated rings. The molecular formula is C16H15ClN4O3. The Hall–Kier alpha value is -2.67. The Morgan fingerprint density at radius 3 is 2.50 bits per heavy atom. The van der Waals surface area contributed by atoms with E-state index in [2.05, 4.69) is 9.97 Å². The van der Waals surface area contributed by atoms with Gasteiger partial charge in [-0.2, -0.15) is 0 Å². The van der Waals surface area contributed by atoms with Gasteiger partial charge in [-0.15, -0.1) is 0 Å². The number of aromatic nitrogens is 2. The Morgan fingerprint density at radius 2 is 1.92 bits per heavy atom. The van der Waals surface area contributed by atoms with E-state index >= 15 is 0 Å². The summed E-state index contributed by atoms with van der Waals surface area (Å²) in [5, 5.41) is 9.50. The Morgan fingerprint density at radius 1 is 1.17 bits per heavy atom. The number of nitrogens with zero attached hydrogens (tertiary/aromatic N) is 4. The molecule has 1 N–H and O–H groups in total. The molecule has 24 heavy (non-hydrogen) atoms. The van der Waals surface area contributed by atoms with Crippen molar-refractivity contribution in [3.8, 4) is 0 Å². The van der Waals surface area contributed by atoms with Gasteiger partial charge < -0.3 is 14.9 Å². The fourth-order valence-corrected chi connectivity index (χ4v) is 2.60. The molecule has 2 aromatic rings. The Kier molecular flexibility index (Phi) is 4.61. The number of anilines is 1. The van der Waals surface area contributed by atoms with E-state index in [1.807, 2.05) is 12.1 Å². The highest BCUT2D eigenvalue weighted by atomic mass is 35.5. The number of halogens is 1. The second-order valence-electron chi connectivity index (χ2n) is 5.43. The van der Waals surface area contributed by atoms with E-state index in [0.29, 0.717) is 30.5 Å². The zero-order chi connectivity index (χ0) is 17.1. The highest BCUT2D eigenvalue weighted by molar-refractivity contribution is 6.30. The highest BCUT2D eigenvalue weighted by Gasteiger charge is 2.25. The molecule has 1 saturated heterocycles. The van der Waals surface area contributed by atoms with Crippen molar-refractivity contribution in [2.45, 2.75) is 6.54 Å². The first kappa shape index (κ1) is 16.2. The first-order valence-electron chi connectivity index (χ1n) is 7.35. The van der Waals surface area contributed by atoms with Gasteiger partial charge in [0.1, 0.15) is 5.82 Å². The van der Waals surface area contributed by atoms with Gasteiger partial charge in [-0.1, -0.05) is 23.7 Å². The number of carboxylic acid groups (broad SMARTS) is 1. The number of carbonyl (C=O) groups excluding carboxylic acids is 1. The number of amides is 1. The Bertz CT molecular complexity index is 749. The monoisotopic (exact) mass is 346 g/mol. The topological polar surface area (TPSA) is 86.6 Å². The minimum atomic E-state index is -1.13. The van der Waals surface area contributed by atoms with Crippen molar-refractivity contribution in [2.24, 2.45) is 0 Å². The molecule has 1 aromatic heterocycles. The molecule has 7 nitrogen and oxygen atoms in total. The fourth-order valence-electron chi connectivity index (χ4n) is 2.48. The predicted molar refractivity (Wildman–Crippen MR) is 88.1 cm³/mol. The first-order chi connectivity index (χ1) is 11.5. The van der Waals surface area contributed by atoms with Gasteiger partial charge in [0.25, 0.3) is 0 Å². The summed E-state index contributed by atoms with van der Waals surface area (Å²) in [6, 6.07) is 7.41. The van der Waals surface area contributed by atoms with Crippen LogP contribution in [0.1, 0.15) is 16.1 Å². The number of hydrogen-bond donors (Lipinski definition) is 1. The molecule has 1 aliphatic rings. The third-order valence-electron chi connectivity index (χ3n) is 3.79. The maximum Gasteiger partial charge on any atom is 0.356 e. The van der Waals surface area contributed by atoms with Crippen LogP contribution < -0.4 is 4.90 Å². The van der Waals surface area contributed by atoms with E-state index in [1.165, 1.54) is 12.4 Å². The van der Waals surface area contributed by atoms with Gasteiger partial charge in [-0.05, 0) is 17.7 Å². The van der Waals surface area contributed by atoms with Crippen molar-refractivity contribution in [2.75, 3.05) is 24.5 Å². The molecule has 8 heteroatoms. The molecule has 0 saturated carbocycles. The van der Waals surface area contributed by atoms with Gasteiger partial charge in [0.05, 0.1) is 18.9 Å². The van der Waals surface area contributed by atoms with Crippen LogP contribution in [0.2, 0.25) is 5.02 Å². The zero-order valence-corrected chi connectivity index (χ0v) is 13.5. The van der Waals surface area contributed by atoms with Crippen LogP contribution in [0.4, 0.5) is 5.82 Å². The standard InChI is InChI=1S/C16H15ClN4O3/c17-12-3-1-11(2-4-12)9-21-6-5-20(10-15(21)22)14-8-18-13(7-19-14)16(23)24/h1-4,7-8H,5-6,9-10H2,(H,23,24). The van der Waals surface area contributed by atoms with E-state index < -0.39 is 5.97 Å². The fraction of sp³-hybridized carbons (Fsp3) is 0.250.